The third-order valence-corrected chi connectivity index (χ3v) is 6.03. The minimum atomic E-state index is -0.564. The summed E-state index contributed by atoms with van der Waals surface area (Å²) in [5.74, 6) is -0.343. The topological polar surface area (TPSA) is 111 Å². The summed E-state index contributed by atoms with van der Waals surface area (Å²) >= 11 is 1.28. The lowest BCUT2D eigenvalue weighted by Gasteiger charge is -2.08. The van der Waals surface area contributed by atoms with Crippen LogP contribution in [0.15, 0.2) is 59.3 Å². The predicted octanol–water partition coefficient (Wildman–Crippen LogP) is 4.70. The van der Waals surface area contributed by atoms with Gasteiger partial charge in [-0.25, -0.2) is 4.98 Å². The molecule has 0 bridgehead atoms. The van der Waals surface area contributed by atoms with Gasteiger partial charge in [0.1, 0.15) is 11.5 Å². The standard InChI is InChI=1S/C23H17N3O5S/c1-12-5-8-16(31-12)20(27)18-19(13-4-3-9-24-11-13)26(22(29)21(18)28)23-25-15-7-6-14(30-2)10-17(15)32-23/h3-11,28-29H,1-2H3. The van der Waals surface area contributed by atoms with Crippen molar-refractivity contribution in [1.29, 1.82) is 0 Å². The van der Waals surface area contributed by atoms with Crippen molar-refractivity contribution in [3.05, 3.63) is 71.9 Å². The molecule has 4 aromatic heterocycles. The van der Waals surface area contributed by atoms with Crippen molar-refractivity contribution in [3.8, 4) is 33.8 Å². The van der Waals surface area contributed by atoms with Crippen molar-refractivity contribution in [1.82, 2.24) is 14.5 Å². The number of ketones is 1. The number of benzene rings is 1. The predicted molar refractivity (Wildman–Crippen MR) is 119 cm³/mol. The van der Waals surface area contributed by atoms with E-state index in [9.17, 15) is 15.0 Å². The van der Waals surface area contributed by atoms with Crippen LogP contribution in [0.2, 0.25) is 0 Å². The van der Waals surface area contributed by atoms with Crippen molar-refractivity contribution < 1.29 is 24.2 Å². The second kappa shape index (κ2) is 7.54. The summed E-state index contributed by atoms with van der Waals surface area (Å²) in [6, 6.07) is 12.0. The van der Waals surface area contributed by atoms with Crippen LogP contribution in [-0.2, 0) is 0 Å². The van der Waals surface area contributed by atoms with Crippen LogP contribution in [-0.4, -0.2) is 37.6 Å². The quantitative estimate of drug-likeness (QED) is 0.376. The van der Waals surface area contributed by atoms with E-state index < -0.39 is 17.4 Å². The molecular weight excluding hydrogens is 430 g/mol. The van der Waals surface area contributed by atoms with Gasteiger partial charge in [0.25, 0.3) is 0 Å². The lowest BCUT2D eigenvalue weighted by Crippen LogP contribution is -2.04. The monoisotopic (exact) mass is 447 g/mol. The smallest absolute Gasteiger partial charge is 0.242 e. The molecule has 2 N–H and O–H groups in total. The van der Waals surface area contributed by atoms with Crippen LogP contribution in [0.1, 0.15) is 21.9 Å². The summed E-state index contributed by atoms with van der Waals surface area (Å²) in [4.78, 5) is 22.0. The Morgan fingerprint density at radius 2 is 2.03 bits per heavy atom. The third kappa shape index (κ3) is 3.10. The fourth-order valence-electron chi connectivity index (χ4n) is 3.52. The van der Waals surface area contributed by atoms with Gasteiger partial charge < -0.3 is 19.4 Å². The second-order valence-corrected chi connectivity index (χ2v) is 8.05. The average molecular weight is 447 g/mol. The summed E-state index contributed by atoms with van der Waals surface area (Å²) in [5, 5.41) is 22.1. The largest absolute Gasteiger partial charge is 0.503 e. The molecule has 5 aromatic rings. The first-order chi connectivity index (χ1) is 15.5. The second-order valence-electron chi connectivity index (χ2n) is 7.04. The van der Waals surface area contributed by atoms with Gasteiger partial charge in [-0.15, -0.1) is 0 Å². The van der Waals surface area contributed by atoms with Crippen LogP contribution in [0.4, 0.5) is 0 Å². The van der Waals surface area contributed by atoms with E-state index in [2.05, 4.69) is 9.97 Å². The molecule has 0 saturated carbocycles. The Morgan fingerprint density at radius 3 is 2.72 bits per heavy atom. The summed E-state index contributed by atoms with van der Waals surface area (Å²) in [6.07, 6.45) is 3.14. The molecule has 0 spiro atoms. The van der Waals surface area contributed by atoms with E-state index in [1.807, 2.05) is 6.07 Å². The molecule has 0 unspecified atom stereocenters. The summed E-state index contributed by atoms with van der Waals surface area (Å²) < 4.78 is 12.9. The Hall–Kier alpha value is -4.11. The van der Waals surface area contributed by atoms with Gasteiger partial charge in [-0.2, -0.15) is 0 Å². The van der Waals surface area contributed by atoms with Gasteiger partial charge >= 0.3 is 0 Å². The Labute approximate surface area is 186 Å². The number of ether oxygens (including phenoxy) is 1. The molecule has 0 aliphatic rings. The Bertz CT molecular complexity index is 1470. The molecule has 0 radical (unpaired) electrons. The number of rotatable bonds is 5. The lowest BCUT2D eigenvalue weighted by molar-refractivity contribution is 0.101. The van der Waals surface area contributed by atoms with Crippen LogP contribution in [0.3, 0.4) is 0 Å². The maximum Gasteiger partial charge on any atom is 0.242 e. The maximum atomic E-state index is 13.3. The van der Waals surface area contributed by atoms with Crippen molar-refractivity contribution in [2.24, 2.45) is 0 Å². The number of carbonyl (C=O) groups excluding carboxylic acids is 1. The number of aryl methyl sites for hydroxylation is 1. The summed E-state index contributed by atoms with van der Waals surface area (Å²) in [5.41, 5.74) is 1.37. The van der Waals surface area contributed by atoms with Crippen molar-refractivity contribution >= 4 is 27.3 Å². The number of fused-ring (bicyclic) bond motifs is 1. The fourth-order valence-corrected chi connectivity index (χ4v) is 4.52. The van der Waals surface area contributed by atoms with E-state index >= 15 is 0 Å². The average Bonchev–Trinajstić information content (AvgIpc) is 3.49. The number of pyridine rings is 1. The first-order valence-electron chi connectivity index (χ1n) is 9.61. The minimum Gasteiger partial charge on any atom is -0.503 e. The maximum absolute atomic E-state index is 13.3. The van der Waals surface area contributed by atoms with Crippen LogP contribution in [0, 0.1) is 6.92 Å². The zero-order valence-corrected chi connectivity index (χ0v) is 17.9. The number of aromatic nitrogens is 3. The Morgan fingerprint density at radius 1 is 1.19 bits per heavy atom. The molecule has 8 nitrogen and oxygen atoms in total. The number of hydrogen-bond acceptors (Lipinski definition) is 8. The number of carbonyl (C=O) groups is 1. The van der Waals surface area contributed by atoms with Gasteiger partial charge in [-0.3, -0.25) is 14.3 Å². The van der Waals surface area contributed by atoms with Gasteiger partial charge in [0.05, 0.1) is 28.6 Å². The van der Waals surface area contributed by atoms with Crippen LogP contribution < -0.4 is 4.74 Å². The van der Waals surface area contributed by atoms with Crippen LogP contribution >= 0.6 is 11.3 Å². The molecule has 0 fully saturated rings. The Kier molecular flexibility index (Phi) is 4.67. The van der Waals surface area contributed by atoms with Gasteiger partial charge in [-0.1, -0.05) is 11.3 Å². The lowest BCUT2D eigenvalue weighted by atomic mass is 10.0. The van der Waals surface area contributed by atoms with E-state index in [0.717, 1.165) is 4.70 Å². The molecular formula is C23H17N3O5S. The number of aromatic hydroxyl groups is 2. The highest BCUT2D eigenvalue weighted by atomic mass is 32.1. The third-order valence-electron chi connectivity index (χ3n) is 5.02. The number of hydrogen-bond donors (Lipinski definition) is 2. The van der Waals surface area contributed by atoms with Gasteiger partial charge in [0.2, 0.25) is 11.7 Å². The molecule has 4 heterocycles. The highest BCUT2D eigenvalue weighted by Gasteiger charge is 2.32. The fraction of sp³-hybridized carbons (Fsp3) is 0.0870. The number of furan rings is 1. The van der Waals surface area contributed by atoms with Crippen LogP contribution in [0.25, 0.3) is 26.6 Å². The molecule has 0 aliphatic carbocycles. The first kappa shape index (κ1) is 19.8. The van der Waals surface area contributed by atoms with Crippen molar-refractivity contribution in [2.45, 2.75) is 6.92 Å². The molecule has 160 valence electrons. The molecule has 5 rings (SSSR count). The zero-order chi connectivity index (χ0) is 22.4. The van der Waals surface area contributed by atoms with E-state index in [1.165, 1.54) is 22.0 Å². The number of thiazole rings is 1. The van der Waals surface area contributed by atoms with Crippen molar-refractivity contribution in [3.63, 3.8) is 0 Å². The zero-order valence-electron chi connectivity index (χ0n) is 17.1. The van der Waals surface area contributed by atoms with Gasteiger partial charge in [-0.05, 0) is 49.4 Å². The SMILES string of the molecule is COc1ccc2nc(-n3c(O)c(O)c(C(=O)c4ccc(C)o4)c3-c3cccnc3)sc2c1. The highest BCUT2D eigenvalue weighted by molar-refractivity contribution is 7.20. The summed E-state index contributed by atoms with van der Waals surface area (Å²) in [6.45, 7) is 1.72. The van der Waals surface area contributed by atoms with Gasteiger partial charge in [0.15, 0.2) is 16.6 Å². The van der Waals surface area contributed by atoms with E-state index in [4.69, 9.17) is 9.15 Å². The Balaban J connectivity index is 1.79. The molecule has 0 amide bonds. The molecule has 1 aromatic carbocycles. The number of methoxy groups -OCH3 is 1. The molecule has 0 aliphatic heterocycles. The highest BCUT2D eigenvalue weighted by Crippen LogP contribution is 2.45. The molecule has 0 saturated heterocycles. The van der Waals surface area contributed by atoms with E-state index in [-0.39, 0.29) is 17.0 Å². The van der Waals surface area contributed by atoms with Crippen LogP contribution in [0.5, 0.6) is 17.4 Å². The normalized spacial score (nSPS) is 11.2. The minimum absolute atomic E-state index is 0.0501. The van der Waals surface area contributed by atoms with Crippen molar-refractivity contribution in [2.75, 3.05) is 7.11 Å². The molecule has 32 heavy (non-hydrogen) atoms. The molecule has 9 heteroatoms. The first-order valence-corrected chi connectivity index (χ1v) is 10.4. The number of nitrogens with zero attached hydrogens (tertiary/aromatic N) is 3. The van der Waals surface area contributed by atoms with Gasteiger partial charge in [0, 0.05) is 18.0 Å². The molecule has 0 atom stereocenters. The summed E-state index contributed by atoms with van der Waals surface area (Å²) in [7, 11) is 1.58. The van der Waals surface area contributed by atoms with E-state index in [1.54, 1.807) is 56.8 Å². The van der Waals surface area contributed by atoms with E-state index in [0.29, 0.717) is 27.7 Å².